The quantitative estimate of drug-likeness (QED) is 0.457. The molecule has 1 fully saturated rings. The maximum absolute atomic E-state index is 14.2. The van der Waals surface area contributed by atoms with Gasteiger partial charge in [0.05, 0.1) is 45.0 Å². The zero-order valence-electron chi connectivity index (χ0n) is 20.8. The van der Waals surface area contributed by atoms with Gasteiger partial charge in [-0.05, 0) is 42.5 Å². The van der Waals surface area contributed by atoms with Crippen LogP contribution < -0.4 is 24.8 Å². The summed E-state index contributed by atoms with van der Waals surface area (Å²) in [5, 5.41) is 3.68. The fraction of sp³-hybridized carbons (Fsp3) is 0.241. The van der Waals surface area contributed by atoms with Crippen LogP contribution in [0.25, 0.3) is 6.08 Å². The number of para-hydroxylation sites is 2. The summed E-state index contributed by atoms with van der Waals surface area (Å²) in [6, 6.07) is 21.0. The van der Waals surface area contributed by atoms with Gasteiger partial charge in [0.25, 0.3) is 5.91 Å². The fourth-order valence-corrected chi connectivity index (χ4v) is 4.92. The van der Waals surface area contributed by atoms with Crippen molar-refractivity contribution in [2.75, 3.05) is 55.6 Å². The highest BCUT2D eigenvalue weighted by molar-refractivity contribution is 6.30. The van der Waals surface area contributed by atoms with E-state index in [-0.39, 0.29) is 23.8 Å². The molecule has 2 N–H and O–H groups in total. The molecule has 0 bridgehead atoms. The highest BCUT2D eigenvalue weighted by Crippen LogP contribution is 2.35. The molecule has 2 heterocycles. The number of quaternary nitrogens is 1. The SMILES string of the molecule is O=C(CN1C(=O)C(=Cc2ccccc2F)Oc2ccccc21)NCC[NH+]1CCN(c2cccc(Cl)c2)CC1. The number of fused-ring (bicyclic) bond motifs is 1. The number of amides is 2. The van der Waals surface area contributed by atoms with E-state index in [9.17, 15) is 14.0 Å². The fourth-order valence-electron chi connectivity index (χ4n) is 4.73. The number of rotatable bonds is 7. The first kappa shape index (κ1) is 25.8. The van der Waals surface area contributed by atoms with Crippen molar-refractivity contribution < 1.29 is 23.6 Å². The van der Waals surface area contributed by atoms with E-state index in [1.807, 2.05) is 18.2 Å². The van der Waals surface area contributed by atoms with Crippen LogP contribution >= 0.6 is 11.6 Å². The number of halogens is 2. The monoisotopic (exact) mass is 535 g/mol. The largest absolute Gasteiger partial charge is 0.449 e. The van der Waals surface area contributed by atoms with E-state index in [1.165, 1.54) is 21.9 Å². The summed E-state index contributed by atoms with van der Waals surface area (Å²) in [5.41, 5.74) is 1.86. The molecular formula is C29H29ClFN4O3+. The van der Waals surface area contributed by atoms with E-state index in [0.29, 0.717) is 18.0 Å². The highest BCUT2D eigenvalue weighted by Gasteiger charge is 2.32. The molecule has 0 radical (unpaired) electrons. The van der Waals surface area contributed by atoms with Gasteiger partial charge in [-0.15, -0.1) is 0 Å². The average molecular weight is 536 g/mol. The molecule has 0 atom stereocenters. The Hall–Kier alpha value is -3.88. The number of nitrogens with one attached hydrogen (secondary N) is 2. The molecular weight excluding hydrogens is 507 g/mol. The summed E-state index contributed by atoms with van der Waals surface area (Å²) in [6.45, 7) is 4.89. The molecule has 3 aromatic rings. The van der Waals surface area contributed by atoms with Crippen LogP contribution in [-0.4, -0.2) is 57.6 Å². The predicted molar refractivity (Wildman–Crippen MR) is 146 cm³/mol. The summed E-state index contributed by atoms with van der Waals surface area (Å²) in [6.07, 6.45) is 1.37. The van der Waals surface area contributed by atoms with Gasteiger partial charge in [-0.2, -0.15) is 0 Å². The maximum atomic E-state index is 14.2. The number of benzene rings is 3. The molecule has 0 aromatic heterocycles. The number of nitrogens with zero attached hydrogens (tertiary/aromatic N) is 2. The lowest BCUT2D eigenvalue weighted by Crippen LogP contribution is -3.15. The van der Waals surface area contributed by atoms with Gasteiger partial charge >= 0.3 is 0 Å². The molecule has 7 nitrogen and oxygen atoms in total. The van der Waals surface area contributed by atoms with Crippen molar-refractivity contribution in [3.63, 3.8) is 0 Å². The Morgan fingerprint density at radius 3 is 2.61 bits per heavy atom. The van der Waals surface area contributed by atoms with E-state index < -0.39 is 11.7 Å². The summed E-state index contributed by atoms with van der Waals surface area (Å²) in [5.74, 6) is -0.828. The minimum Gasteiger partial charge on any atom is -0.449 e. The van der Waals surface area contributed by atoms with Gasteiger partial charge in [0.2, 0.25) is 5.91 Å². The second-order valence-corrected chi connectivity index (χ2v) is 9.74. The molecule has 0 spiro atoms. The van der Waals surface area contributed by atoms with Gasteiger partial charge in [0, 0.05) is 16.3 Å². The van der Waals surface area contributed by atoms with Crippen LogP contribution in [0, 0.1) is 5.82 Å². The van der Waals surface area contributed by atoms with Gasteiger partial charge in [0.15, 0.2) is 11.5 Å². The van der Waals surface area contributed by atoms with Gasteiger partial charge in [-0.1, -0.05) is 48.0 Å². The van der Waals surface area contributed by atoms with Crippen molar-refractivity contribution in [1.82, 2.24) is 5.32 Å². The van der Waals surface area contributed by atoms with Crippen LogP contribution in [-0.2, 0) is 9.59 Å². The molecule has 38 heavy (non-hydrogen) atoms. The lowest BCUT2D eigenvalue weighted by atomic mass is 10.1. The van der Waals surface area contributed by atoms with Crippen LogP contribution in [0.2, 0.25) is 5.02 Å². The summed E-state index contributed by atoms with van der Waals surface area (Å²) < 4.78 is 20.0. The normalized spacial score (nSPS) is 16.8. The molecule has 9 heteroatoms. The van der Waals surface area contributed by atoms with Crippen LogP contribution in [0.15, 0.2) is 78.6 Å². The first-order chi connectivity index (χ1) is 18.5. The first-order valence-corrected chi connectivity index (χ1v) is 13.0. The van der Waals surface area contributed by atoms with Crippen LogP contribution in [0.1, 0.15) is 5.56 Å². The molecule has 2 amide bonds. The van der Waals surface area contributed by atoms with Gasteiger partial charge in [-0.3, -0.25) is 14.5 Å². The standard InChI is InChI=1S/C29H28ClFN4O3/c30-22-7-5-8-23(19-22)34-16-14-33(15-17-34)13-12-32-28(36)20-35-25-10-3-4-11-26(25)38-27(29(35)37)18-21-6-1-2-9-24(21)31/h1-11,18-19H,12-17,20H2,(H,32,36)/p+1. The smallest absolute Gasteiger partial charge is 0.294 e. The van der Waals surface area contributed by atoms with Crippen molar-refractivity contribution >= 4 is 40.9 Å². The third kappa shape index (κ3) is 5.98. The topological polar surface area (TPSA) is 66.3 Å². The lowest BCUT2D eigenvalue weighted by Gasteiger charge is -2.34. The Morgan fingerprint density at radius 2 is 1.82 bits per heavy atom. The summed E-state index contributed by atoms with van der Waals surface area (Å²) in [7, 11) is 0. The number of hydrogen-bond acceptors (Lipinski definition) is 4. The minimum atomic E-state index is -0.495. The van der Waals surface area contributed by atoms with Crippen molar-refractivity contribution in [3.8, 4) is 5.75 Å². The number of anilines is 2. The molecule has 5 rings (SSSR count). The van der Waals surface area contributed by atoms with Crippen molar-refractivity contribution in [2.24, 2.45) is 0 Å². The molecule has 3 aromatic carbocycles. The van der Waals surface area contributed by atoms with E-state index in [0.717, 1.165) is 43.4 Å². The molecule has 196 valence electrons. The first-order valence-electron chi connectivity index (χ1n) is 12.6. The Bertz CT molecular complexity index is 1360. The van der Waals surface area contributed by atoms with Crippen LogP contribution in [0.3, 0.4) is 0 Å². The second kappa shape index (κ2) is 11.7. The number of piperazine rings is 1. The molecule has 2 aliphatic heterocycles. The molecule has 0 aliphatic carbocycles. The Kier molecular flexibility index (Phi) is 7.91. The van der Waals surface area contributed by atoms with Crippen molar-refractivity contribution in [1.29, 1.82) is 0 Å². The Labute approximate surface area is 226 Å². The number of ether oxygens (including phenoxy) is 1. The molecule has 0 saturated carbocycles. The minimum absolute atomic E-state index is 0.0383. The zero-order valence-corrected chi connectivity index (χ0v) is 21.6. The zero-order chi connectivity index (χ0) is 26.5. The van der Waals surface area contributed by atoms with Crippen LogP contribution in [0.4, 0.5) is 15.8 Å². The highest BCUT2D eigenvalue weighted by atomic mass is 35.5. The van der Waals surface area contributed by atoms with Gasteiger partial charge < -0.3 is 19.9 Å². The van der Waals surface area contributed by atoms with Crippen LogP contribution in [0.5, 0.6) is 5.75 Å². The van der Waals surface area contributed by atoms with Crippen molar-refractivity contribution in [2.45, 2.75) is 0 Å². The second-order valence-electron chi connectivity index (χ2n) is 9.31. The van der Waals surface area contributed by atoms with Gasteiger partial charge in [-0.25, -0.2) is 4.39 Å². The van der Waals surface area contributed by atoms with E-state index >= 15 is 0 Å². The van der Waals surface area contributed by atoms with Crippen molar-refractivity contribution in [3.05, 3.63) is 95.0 Å². The third-order valence-electron chi connectivity index (χ3n) is 6.77. The average Bonchev–Trinajstić information content (AvgIpc) is 2.92. The lowest BCUT2D eigenvalue weighted by molar-refractivity contribution is -0.899. The molecule has 0 unspecified atom stereocenters. The number of carbonyl (C=O) groups excluding carboxylic acids is 2. The molecule has 1 saturated heterocycles. The van der Waals surface area contributed by atoms with E-state index in [2.05, 4.69) is 16.3 Å². The summed E-state index contributed by atoms with van der Waals surface area (Å²) >= 11 is 6.13. The van der Waals surface area contributed by atoms with E-state index in [1.54, 1.807) is 42.5 Å². The Balaban J connectivity index is 1.17. The maximum Gasteiger partial charge on any atom is 0.294 e. The summed E-state index contributed by atoms with van der Waals surface area (Å²) in [4.78, 5) is 31.2. The molecule has 2 aliphatic rings. The van der Waals surface area contributed by atoms with Gasteiger partial charge in [0.1, 0.15) is 12.4 Å². The third-order valence-corrected chi connectivity index (χ3v) is 7.01. The predicted octanol–water partition coefficient (Wildman–Crippen LogP) is 2.77. The number of carbonyl (C=O) groups is 2. The van der Waals surface area contributed by atoms with E-state index in [4.69, 9.17) is 16.3 Å². The Morgan fingerprint density at radius 1 is 1.05 bits per heavy atom. The number of hydrogen-bond donors (Lipinski definition) is 2.